The van der Waals surface area contributed by atoms with Crippen molar-refractivity contribution in [2.45, 2.75) is 19.4 Å². The van der Waals surface area contributed by atoms with Crippen molar-refractivity contribution in [3.63, 3.8) is 0 Å². The number of amidine groups is 1. The van der Waals surface area contributed by atoms with Gasteiger partial charge in [0.1, 0.15) is 5.84 Å². The molecule has 0 bridgehead atoms. The van der Waals surface area contributed by atoms with Crippen LogP contribution in [0, 0.1) is 0 Å². The number of hydrogen-bond donors (Lipinski definition) is 1. The van der Waals surface area contributed by atoms with Crippen LogP contribution in [-0.4, -0.2) is 59.0 Å². The van der Waals surface area contributed by atoms with E-state index in [9.17, 15) is 4.79 Å². The van der Waals surface area contributed by atoms with E-state index in [4.69, 9.17) is 14.6 Å². The number of rotatable bonds is 3. The monoisotopic (exact) mass is 282 g/mol. The van der Waals surface area contributed by atoms with Gasteiger partial charge in [0.25, 0.3) is 0 Å². The third kappa shape index (κ3) is 3.21. The molecule has 1 fully saturated rings. The Bertz CT molecular complexity index is 555. The molecule has 8 nitrogen and oxygen atoms in total. The Morgan fingerprint density at radius 2 is 2.40 bits per heavy atom. The smallest absolute Gasteiger partial charge is 0.351 e. The highest BCUT2D eigenvalue weighted by Crippen LogP contribution is 2.19. The Hall–Kier alpha value is -1.77. The van der Waals surface area contributed by atoms with Crippen molar-refractivity contribution in [2.75, 3.05) is 27.3 Å². The molecule has 1 N–H and O–H groups in total. The van der Waals surface area contributed by atoms with Crippen LogP contribution < -0.4 is 5.69 Å². The second-order valence-corrected chi connectivity index (χ2v) is 4.57. The molecule has 0 saturated carbocycles. The van der Waals surface area contributed by atoms with E-state index in [1.54, 1.807) is 12.3 Å². The molecule has 0 radical (unpaired) electrons. The quantitative estimate of drug-likeness (QED) is 0.606. The predicted octanol–water partition coefficient (Wildman–Crippen LogP) is -0.281. The van der Waals surface area contributed by atoms with Crippen LogP contribution in [0.2, 0.25) is 0 Å². The van der Waals surface area contributed by atoms with Crippen molar-refractivity contribution in [1.29, 1.82) is 0 Å². The van der Waals surface area contributed by atoms with Crippen LogP contribution in [0.3, 0.4) is 0 Å². The fraction of sp³-hybridized carbons (Fsp3) is 0.583. The van der Waals surface area contributed by atoms with Gasteiger partial charge in [-0.15, -0.1) is 0 Å². The first-order valence-electron chi connectivity index (χ1n) is 6.21. The number of aromatic nitrogens is 2. The topological polar surface area (TPSA) is 89.2 Å². The van der Waals surface area contributed by atoms with Crippen LogP contribution in [-0.2, 0) is 9.47 Å². The molecule has 0 amide bonds. The lowest BCUT2D eigenvalue weighted by molar-refractivity contribution is -0.0992. The molecule has 2 heterocycles. The van der Waals surface area contributed by atoms with Crippen molar-refractivity contribution < 1.29 is 14.6 Å². The number of aliphatic imine (C=N–C) groups is 1. The third-order valence-electron chi connectivity index (χ3n) is 2.93. The Morgan fingerprint density at radius 1 is 1.65 bits per heavy atom. The Labute approximate surface area is 116 Å². The molecular weight excluding hydrogens is 264 g/mol. The maximum Gasteiger partial charge on any atom is 0.351 e. The van der Waals surface area contributed by atoms with Gasteiger partial charge in [0.2, 0.25) is 0 Å². The average Bonchev–Trinajstić information content (AvgIpc) is 2.87. The van der Waals surface area contributed by atoms with Gasteiger partial charge >= 0.3 is 5.69 Å². The zero-order valence-corrected chi connectivity index (χ0v) is 11.7. The van der Waals surface area contributed by atoms with Crippen LogP contribution in [0.15, 0.2) is 22.1 Å². The van der Waals surface area contributed by atoms with E-state index >= 15 is 0 Å². The van der Waals surface area contributed by atoms with Gasteiger partial charge in [0.15, 0.2) is 18.3 Å². The maximum absolute atomic E-state index is 11.9. The molecular formula is C12H18N4O4. The van der Waals surface area contributed by atoms with Gasteiger partial charge in [-0.05, 0) is 13.0 Å². The first-order chi connectivity index (χ1) is 9.51. The zero-order valence-electron chi connectivity index (χ0n) is 11.7. The molecule has 2 rings (SSSR count). The summed E-state index contributed by atoms with van der Waals surface area (Å²) in [5.74, 6) is 1.09. The van der Waals surface area contributed by atoms with E-state index in [0.29, 0.717) is 5.82 Å². The van der Waals surface area contributed by atoms with E-state index in [1.807, 2.05) is 25.9 Å². The van der Waals surface area contributed by atoms with E-state index in [0.717, 1.165) is 5.84 Å². The summed E-state index contributed by atoms with van der Waals surface area (Å²) in [5, 5.41) is 8.92. The summed E-state index contributed by atoms with van der Waals surface area (Å²) in [4.78, 5) is 21.9. The molecule has 2 unspecified atom stereocenters. The van der Waals surface area contributed by atoms with Crippen molar-refractivity contribution in [3.8, 4) is 0 Å². The molecule has 1 aliphatic heterocycles. The van der Waals surface area contributed by atoms with Crippen LogP contribution >= 0.6 is 0 Å². The average molecular weight is 282 g/mol. The van der Waals surface area contributed by atoms with Crippen LogP contribution in [0.5, 0.6) is 0 Å². The van der Waals surface area contributed by atoms with Gasteiger partial charge < -0.3 is 19.5 Å². The van der Waals surface area contributed by atoms with Crippen LogP contribution in [0.4, 0.5) is 5.82 Å². The largest absolute Gasteiger partial charge is 0.391 e. The maximum atomic E-state index is 11.9. The molecule has 1 aromatic rings. The van der Waals surface area contributed by atoms with E-state index < -0.39 is 18.2 Å². The Kier molecular flexibility index (Phi) is 4.48. The molecule has 8 heteroatoms. The van der Waals surface area contributed by atoms with Crippen molar-refractivity contribution in [3.05, 3.63) is 22.7 Å². The summed E-state index contributed by atoms with van der Waals surface area (Å²) in [6.45, 7) is 1.78. The van der Waals surface area contributed by atoms with Crippen LogP contribution in [0.25, 0.3) is 0 Å². The number of nitrogens with zero attached hydrogens (tertiary/aromatic N) is 4. The minimum Gasteiger partial charge on any atom is -0.391 e. The number of aliphatic hydroxyl groups is 1. The molecule has 0 aliphatic carbocycles. The van der Waals surface area contributed by atoms with Gasteiger partial charge in [0.05, 0.1) is 13.2 Å². The van der Waals surface area contributed by atoms with Gasteiger partial charge in [-0.1, -0.05) is 0 Å². The fourth-order valence-corrected chi connectivity index (χ4v) is 1.64. The van der Waals surface area contributed by atoms with Crippen LogP contribution in [0.1, 0.15) is 13.2 Å². The second kappa shape index (κ2) is 6.12. The summed E-state index contributed by atoms with van der Waals surface area (Å²) >= 11 is 0. The molecule has 20 heavy (non-hydrogen) atoms. The standard InChI is InChI=1S/C12H18N4O4/c1-8(15(2)3)13-9-4-5-16(12(18)14-9)10-7-19-11(6-17)20-10/h4-5,10-11,17H,6-7H2,1-3H3. The molecule has 0 aromatic carbocycles. The van der Waals surface area contributed by atoms with Gasteiger partial charge in [-0.2, -0.15) is 4.98 Å². The second-order valence-electron chi connectivity index (χ2n) is 4.57. The summed E-state index contributed by atoms with van der Waals surface area (Å²) in [7, 11) is 3.72. The normalized spacial score (nSPS) is 23.1. The lowest BCUT2D eigenvalue weighted by Gasteiger charge is -2.13. The first kappa shape index (κ1) is 14.6. The highest BCUT2D eigenvalue weighted by atomic mass is 16.7. The molecule has 1 saturated heterocycles. The Morgan fingerprint density at radius 3 is 2.95 bits per heavy atom. The summed E-state index contributed by atoms with van der Waals surface area (Å²) in [6.07, 6.45) is 0.297. The minimum absolute atomic E-state index is 0.201. The zero-order chi connectivity index (χ0) is 14.7. The van der Waals surface area contributed by atoms with Gasteiger partial charge in [-0.3, -0.25) is 4.57 Å². The summed E-state index contributed by atoms with van der Waals surface area (Å²) in [6, 6.07) is 1.63. The predicted molar refractivity (Wildman–Crippen MR) is 71.9 cm³/mol. The molecule has 1 aliphatic rings. The number of hydrogen-bond acceptors (Lipinski definition) is 6. The number of aliphatic hydroxyl groups excluding tert-OH is 1. The summed E-state index contributed by atoms with van der Waals surface area (Å²) in [5.41, 5.74) is -0.468. The van der Waals surface area contributed by atoms with E-state index in [1.165, 1.54) is 4.57 Å². The SMILES string of the molecule is CC(=Nc1ccn(C2COC(CO)O2)c(=O)n1)N(C)C. The first-order valence-corrected chi connectivity index (χ1v) is 6.21. The molecule has 110 valence electrons. The molecule has 2 atom stereocenters. The van der Waals surface area contributed by atoms with Crippen molar-refractivity contribution >= 4 is 11.7 Å². The van der Waals surface area contributed by atoms with Gasteiger partial charge in [0, 0.05) is 20.3 Å². The van der Waals surface area contributed by atoms with Crippen molar-refractivity contribution in [2.24, 2.45) is 4.99 Å². The summed E-state index contributed by atoms with van der Waals surface area (Å²) < 4.78 is 11.8. The van der Waals surface area contributed by atoms with Gasteiger partial charge in [-0.25, -0.2) is 9.79 Å². The highest BCUT2D eigenvalue weighted by molar-refractivity contribution is 5.81. The van der Waals surface area contributed by atoms with Crippen molar-refractivity contribution in [1.82, 2.24) is 14.5 Å². The minimum atomic E-state index is -0.694. The lowest BCUT2D eigenvalue weighted by atomic mass is 10.5. The fourth-order valence-electron chi connectivity index (χ4n) is 1.64. The van der Waals surface area contributed by atoms with E-state index in [2.05, 4.69) is 9.98 Å². The number of ether oxygens (including phenoxy) is 2. The molecule has 1 aromatic heterocycles. The Balaban J connectivity index is 2.19. The highest BCUT2D eigenvalue weighted by Gasteiger charge is 2.27. The van der Waals surface area contributed by atoms with E-state index in [-0.39, 0.29) is 13.2 Å². The third-order valence-corrected chi connectivity index (χ3v) is 2.93. The molecule has 0 spiro atoms. The lowest BCUT2D eigenvalue weighted by Crippen LogP contribution is -2.28.